The average Bonchev–Trinajstić information content (AvgIpc) is 3.24. The van der Waals surface area contributed by atoms with Crippen LogP contribution in [0.2, 0.25) is 0 Å². The molecule has 1 N–H and O–H groups in total. The molecule has 4 rings (SSSR count). The lowest BCUT2D eigenvalue weighted by molar-refractivity contribution is -0.117. The Morgan fingerprint density at radius 2 is 1.87 bits per heavy atom. The monoisotopic (exact) mass is 402 g/mol. The molecule has 2 unspecified atom stereocenters. The topological polar surface area (TPSA) is 62.6 Å². The van der Waals surface area contributed by atoms with Crippen LogP contribution in [0.15, 0.2) is 71.3 Å². The Morgan fingerprint density at radius 1 is 1.07 bits per heavy atom. The summed E-state index contributed by atoms with van der Waals surface area (Å²) in [6.07, 6.45) is 2.54. The summed E-state index contributed by atoms with van der Waals surface area (Å²) < 4.78 is 5.48. The molecule has 1 saturated carbocycles. The molecule has 1 aromatic heterocycles. The first-order valence-corrected chi connectivity index (χ1v) is 10.3. The fourth-order valence-corrected chi connectivity index (χ4v) is 3.66. The van der Waals surface area contributed by atoms with Crippen molar-refractivity contribution in [2.24, 2.45) is 11.8 Å². The molecule has 2 amide bonds. The molecular weight excluding hydrogens is 376 g/mol. The Labute approximate surface area is 176 Å². The molecule has 3 aromatic rings. The van der Waals surface area contributed by atoms with Crippen LogP contribution in [0.3, 0.4) is 0 Å². The highest BCUT2D eigenvalue weighted by Gasteiger charge is 2.39. The van der Waals surface area contributed by atoms with Crippen molar-refractivity contribution in [3.05, 3.63) is 89.4 Å². The van der Waals surface area contributed by atoms with Gasteiger partial charge in [-0.1, -0.05) is 42.8 Å². The van der Waals surface area contributed by atoms with E-state index in [-0.39, 0.29) is 17.7 Å². The van der Waals surface area contributed by atoms with E-state index in [1.807, 2.05) is 43.3 Å². The minimum Gasteiger partial charge on any atom is -0.467 e. The first-order valence-electron chi connectivity index (χ1n) is 10.3. The second-order valence-corrected chi connectivity index (χ2v) is 8.12. The number of hydrogen-bond acceptors (Lipinski definition) is 3. The van der Waals surface area contributed by atoms with Gasteiger partial charge in [-0.25, -0.2) is 0 Å². The third-order valence-electron chi connectivity index (χ3n) is 5.49. The molecule has 5 heteroatoms. The van der Waals surface area contributed by atoms with Gasteiger partial charge in [0.15, 0.2) is 0 Å². The number of nitrogens with zero attached hydrogens (tertiary/aromatic N) is 1. The highest BCUT2D eigenvalue weighted by molar-refractivity contribution is 5.98. The van der Waals surface area contributed by atoms with Crippen molar-refractivity contribution in [3.8, 4) is 0 Å². The van der Waals surface area contributed by atoms with Crippen molar-refractivity contribution < 1.29 is 14.0 Å². The van der Waals surface area contributed by atoms with Crippen LogP contribution in [0, 0.1) is 18.8 Å². The molecule has 1 aliphatic carbocycles. The lowest BCUT2D eigenvalue weighted by Crippen LogP contribution is -2.30. The van der Waals surface area contributed by atoms with E-state index in [9.17, 15) is 9.59 Å². The predicted octanol–water partition coefficient (Wildman–Crippen LogP) is 5.03. The summed E-state index contributed by atoms with van der Waals surface area (Å²) in [5, 5.41) is 2.94. The minimum atomic E-state index is -0.108. The van der Waals surface area contributed by atoms with E-state index in [1.165, 1.54) is 0 Å². The highest BCUT2D eigenvalue weighted by Crippen LogP contribution is 2.38. The number of carbonyl (C=O) groups excluding carboxylic acids is 2. The molecule has 1 fully saturated rings. The van der Waals surface area contributed by atoms with Crippen LogP contribution in [0.4, 0.5) is 5.69 Å². The van der Waals surface area contributed by atoms with Crippen LogP contribution in [0.5, 0.6) is 0 Å². The van der Waals surface area contributed by atoms with E-state index < -0.39 is 0 Å². The average molecular weight is 402 g/mol. The summed E-state index contributed by atoms with van der Waals surface area (Å²) in [6.45, 7) is 4.95. The molecule has 0 saturated heterocycles. The maximum Gasteiger partial charge on any atom is 0.254 e. The Balaban J connectivity index is 1.54. The van der Waals surface area contributed by atoms with Gasteiger partial charge in [-0.05, 0) is 55.2 Å². The van der Waals surface area contributed by atoms with Gasteiger partial charge in [0.2, 0.25) is 5.91 Å². The molecule has 1 heterocycles. The van der Waals surface area contributed by atoms with Crippen LogP contribution in [0.1, 0.15) is 40.6 Å². The lowest BCUT2D eigenvalue weighted by atomic mass is 10.1. The molecule has 2 aromatic carbocycles. The van der Waals surface area contributed by atoms with Gasteiger partial charge in [0.25, 0.3) is 5.91 Å². The van der Waals surface area contributed by atoms with Gasteiger partial charge in [0.05, 0.1) is 12.8 Å². The molecule has 5 nitrogen and oxygen atoms in total. The Morgan fingerprint density at radius 3 is 2.57 bits per heavy atom. The summed E-state index contributed by atoms with van der Waals surface area (Å²) in [5.41, 5.74) is 3.40. The van der Waals surface area contributed by atoms with Crippen LogP contribution in [-0.2, 0) is 17.9 Å². The number of anilines is 1. The smallest absolute Gasteiger partial charge is 0.254 e. The van der Waals surface area contributed by atoms with Crippen LogP contribution >= 0.6 is 0 Å². The molecule has 1 aliphatic rings. The fraction of sp³-hybridized carbons (Fsp3) is 0.280. The Kier molecular flexibility index (Phi) is 5.70. The van der Waals surface area contributed by atoms with Crippen LogP contribution in [0.25, 0.3) is 0 Å². The number of furan rings is 1. The summed E-state index contributed by atoms with van der Waals surface area (Å²) >= 11 is 0. The van der Waals surface area contributed by atoms with E-state index in [2.05, 4.69) is 18.3 Å². The number of rotatable bonds is 7. The van der Waals surface area contributed by atoms with Crippen molar-refractivity contribution in [2.45, 2.75) is 33.4 Å². The largest absolute Gasteiger partial charge is 0.467 e. The van der Waals surface area contributed by atoms with Crippen LogP contribution in [-0.4, -0.2) is 16.7 Å². The van der Waals surface area contributed by atoms with Crippen molar-refractivity contribution in [2.75, 3.05) is 5.32 Å². The Hall–Kier alpha value is -3.34. The summed E-state index contributed by atoms with van der Waals surface area (Å²) in [7, 11) is 0. The first-order chi connectivity index (χ1) is 14.5. The minimum absolute atomic E-state index is 0.0271. The molecular formula is C25H26N2O3. The first kappa shape index (κ1) is 20.0. The molecule has 0 bridgehead atoms. The highest BCUT2D eigenvalue weighted by atomic mass is 16.3. The molecule has 2 atom stereocenters. The second-order valence-electron chi connectivity index (χ2n) is 8.12. The van der Waals surface area contributed by atoms with Gasteiger partial charge in [-0.3, -0.25) is 9.59 Å². The summed E-state index contributed by atoms with van der Waals surface area (Å²) in [5.74, 6) is 1.17. The van der Waals surface area contributed by atoms with E-state index in [0.717, 1.165) is 23.3 Å². The number of aryl methyl sites for hydroxylation is 1. The Bertz CT molecular complexity index is 1040. The zero-order valence-corrected chi connectivity index (χ0v) is 17.3. The number of nitrogens with one attached hydrogen (secondary N) is 1. The van der Waals surface area contributed by atoms with E-state index in [0.29, 0.717) is 30.3 Å². The maximum atomic E-state index is 13.4. The molecule has 0 aliphatic heterocycles. The summed E-state index contributed by atoms with van der Waals surface area (Å²) in [4.78, 5) is 27.4. The summed E-state index contributed by atoms with van der Waals surface area (Å²) in [6, 6.07) is 19.0. The maximum absolute atomic E-state index is 13.4. The third-order valence-corrected chi connectivity index (χ3v) is 5.49. The van der Waals surface area contributed by atoms with Gasteiger partial charge in [0, 0.05) is 23.7 Å². The van der Waals surface area contributed by atoms with E-state index >= 15 is 0 Å². The molecule has 0 radical (unpaired) electrons. The fourth-order valence-electron chi connectivity index (χ4n) is 3.66. The number of carbonyl (C=O) groups is 2. The SMILES string of the molecule is Cc1cccc(CN(Cc2ccco2)C(=O)c2cccc(NC(=O)C3CC3C)c2)c1. The number of amides is 2. The molecule has 154 valence electrons. The lowest BCUT2D eigenvalue weighted by Gasteiger charge is -2.22. The standard InChI is InChI=1S/C25H26N2O3/c1-17-6-3-7-19(12-17)15-27(16-22-10-5-11-30-22)25(29)20-8-4-9-21(14-20)26-24(28)23-13-18(23)2/h3-12,14,18,23H,13,15-16H2,1-2H3,(H,26,28). The molecule has 30 heavy (non-hydrogen) atoms. The quantitative estimate of drug-likeness (QED) is 0.603. The zero-order chi connectivity index (χ0) is 21.1. The van der Waals surface area contributed by atoms with Crippen LogP contribution < -0.4 is 5.32 Å². The number of hydrogen-bond donors (Lipinski definition) is 1. The van der Waals surface area contributed by atoms with Gasteiger partial charge >= 0.3 is 0 Å². The number of benzene rings is 2. The van der Waals surface area contributed by atoms with E-state index in [4.69, 9.17) is 4.42 Å². The van der Waals surface area contributed by atoms with Gasteiger partial charge < -0.3 is 14.6 Å². The van der Waals surface area contributed by atoms with Crippen molar-refractivity contribution in [1.82, 2.24) is 4.90 Å². The third kappa shape index (κ3) is 4.79. The molecule has 0 spiro atoms. The van der Waals surface area contributed by atoms with Gasteiger partial charge in [-0.2, -0.15) is 0 Å². The second kappa shape index (κ2) is 8.57. The zero-order valence-electron chi connectivity index (χ0n) is 17.3. The van der Waals surface area contributed by atoms with Crippen molar-refractivity contribution in [1.29, 1.82) is 0 Å². The normalized spacial score (nSPS) is 17.4. The van der Waals surface area contributed by atoms with E-state index in [1.54, 1.807) is 29.4 Å². The predicted molar refractivity (Wildman–Crippen MR) is 116 cm³/mol. The van der Waals surface area contributed by atoms with Crippen molar-refractivity contribution in [3.63, 3.8) is 0 Å². The van der Waals surface area contributed by atoms with Gasteiger partial charge in [0.1, 0.15) is 5.76 Å². The van der Waals surface area contributed by atoms with Gasteiger partial charge in [-0.15, -0.1) is 0 Å². The van der Waals surface area contributed by atoms with Crippen molar-refractivity contribution >= 4 is 17.5 Å².